The lowest BCUT2D eigenvalue weighted by Crippen LogP contribution is -2.22. The summed E-state index contributed by atoms with van der Waals surface area (Å²) in [5.41, 5.74) is 2.56. The molecular weight excluding hydrogens is 260 g/mol. The summed E-state index contributed by atoms with van der Waals surface area (Å²) >= 11 is 1.40. The van der Waals surface area contributed by atoms with Gasteiger partial charge in [-0.05, 0) is 45.0 Å². The molecule has 1 aromatic heterocycles. The zero-order chi connectivity index (χ0) is 13.9. The average Bonchev–Trinajstić information content (AvgIpc) is 2.83. The molecule has 0 bridgehead atoms. The second kappa shape index (κ2) is 5.40. The summed E-state index contributed by atoms with van der Waals surface area (Å²) in [6, 6.07) is 7.29. The molecule has 0 aliphatic heterocycles. The van der Waals surface area contributed by atoms with Crippen molar-refractivity contribution in [2.24, 2.45) is 0 Å². The van der Waals surface area contributed by atoms with Gasteiger partial charge >= 0.3 is 0 Å². The zero-order valence-corrected chi connectivity index (χ0v) is 12.0. The minimum Gasteiger partial charge on any atom is -0.488 e. The molecule has 1 heterocycles. The minimum atomic E-state index is -0.231. The Balaban J connectivity index is 2.01. The minimum absolute atomic E-state index is 0.203. The maximum atomic E-state index is 11.8. The first-order valence-electron chi connectivity index (χ1n) is 5.93. The maximum absolute atomic E-state index is 11.8. The Kier molecular flexibility index (Phi) is 3.85. The molecule has 19 heavy (non-hydrogen) atoms. The van der Waals surface area contributed by atoms with Crippen molar-refractivity contribution in [2.45, 2.75) is 26.4 Å². The van der Waals surface area contributed by atoms with Gasteiger partial charge < -0.3 is 10.1 Å². The van der Waals surface area contributed by atoms with E-state index in [1.807, 2.05) is 45.0 Å². The number of ether oxygens (including phenoxy) is 1. The van der Waals surface area contributed by atoms with E-state index in [-0.39, 0.29) is 11.5 Å². The number of nitrogens with one attached hydrogen (secondary N) is 1. The fourth-order valence-electron chi connectivity index (χ4n) is 1.48. The SMILES string of the molecule is CC(C)(C)Oc1ccc(NC(=O)c2cscn2)cc1. The van der Waals surface area contributed by atoms with Crippen LogP contribution < -0.4 is 10.1 Å². The molecule has 0 atom stereocenters. The van der Waals surface area contributed by atoms with Crippen LogP contribution in [0.15, 0.2) is 35.2 Å². The Morgan fingerprint density at radius 2 is 1.95 bits per heavy atom. The van der Waals surface area contributed by atoms with Gasteiger partial charge in [0.1, 0.15) is 17.0 Å². The maximum Gasteiger partial charge on any atom is 0.275 e. The van der Waals surface area contributed by atoms with Gasteiger partial charge in [0, 0.05) is 11.1 Å². The predicted octanol–water partition coefficient (Wildman–Crippen LogP) is 3.57. The quantitative estimate of drug-likeness (QED) is 0.932. The van der Waals surface area contributed by atoms with Crippen molar-refractivity contribution >= 4 is 22.9 Å². The Morgan fingerprint density at radius 3 is 2.47 bits per heavy atom. The first-order valence-corrected chi connectivity index (χ1v) is 6.87. The van der Waals surface area contributed by atoms with Gasteiger partial charge in [-0.1, -0.05) is 0 Å². The van der Waals surface area contributed by atoms with Gasteiger partial charge in [0.25, 0.3) is 5.91 Å². The molecule has 1 amide bonds. The first-order chi connectivity index (χ1) is 8.94. The molecule has 1 N–H and O–H groups in total. The third-order valence-electron chi connectivity index (χ3n) is 2.20. The van der Waals surface area contributed by atoms with E-state index in [9.17, 15) is 4.79 Å². The highest BCUT2D eigenvalue weighted by atomic mass is 32.1. The summed E-state index contributed by atoms with van der Waals surface area (Å²) in [5.74, 6) is 0.574. The van der Waals surface area contributed by atoms with Gasteiger partial charge in [0.15, 0.2) is 0 Å². The molecule has 0 saturated carbocycles. The summed E-state index contributed by atoms with van der Waals surface area (Å²) < 4.78 is 5.71. The summed E-state index contributed by atoms with van der Waals surface area (Å²) in [6.45, 7) is 5.97. The molecule has 0 aliphatic rings. The van der Waals surface area contributed by atoms with E-state index in [4.69, 9.17) is 4.74 Å². The van der Waals surface area contributed by atoms with Crippen LogP contribution in [0.1, 0.15) is 31.3 Å². The van der Waals surface area contributed by atoms with E-state index in [0.717, 1.165) is 11.4 Å². The number of carbonyl (C=O) groups excluding carboxylic acids is 1. The second-order valence-electron chi connectivity index (χ2n) is 5.07. The molecule has 4 nitrogen and oxygen atoms in total. The van der Waals surface area contributed by atoms with Crippen LogP contribution in [0.3, 0.4) is 0 Å². The molecule has 1 aromatic carbocycles. The zero-order valence-electron chi connectivity index (χ0n) is 11.1. The molecule has 0 fully saturated rings. The standard InChI is InChI=1S/C14H16N2O2S/c1-14(2,3)18-11-6-4-10(5-7-11)16-13(17)12-8-19-9-15-12/h4-9H,1-3H3,(H,16,17). The number of rotatable bonds is 3. The van der Waals surface area contributed by atoms with E-state index in [0.29, 0.717) is 5.69 Å². The van der Waals surface area contributed by atoms with Crippen LogP contribution in [0.2, 0.25) is 0 Å². The van der Waals surface area contributed by atoms with Crippen LogP contribution in [0, 0.1) is 0 Å². The van der Waals surface area contributed by atoms with Crippen LogP contribution in [-0.2, 0) is 0 Å². The number of carbonyl (C=O) groups is 1. The Bertz CT molecular complexity index is 542. The normalized spacial score (nSPS) is 11.1. The summed E-state index contributed by atoms with van der Waals surface area (Å²) in [6.07, 6.45) is 0. The fourth-order valence-corrected chi connectivity index (χ4v) is 2.01. The van der Waals surface area contributed by atoms with E-state index < -0.39 is 0 Å². The lowest BCUT2D eigenvalue weighted by atomic mass is 10.2. The third kappa shape index (κ3) is 4.06. The van der Waals surface area contributed by atoms with Crippen molar-refractivity contribution in [3.63, 3.8) is 0 Å². The van der Waals surface area contributed by atoms with Gasteiger partial charge in [-0.15, -0.1) is 11.3 Å². The summed E-state index contributed by atoms with van der Waals surface area (Å²) in [4.78, 5) is 15.8. The van der Waals surface area contributed by atoms with Crippen molar-refractivity contribution in [3.8, 4) is 5.75 Å². The van der Waals surface area contributed by atoms with Crippen LogP contribution in [0.4, 0.5) is 5.69 Å². The molecule has 2 rings (SSSR count). The van der Waals surface area contributed by atoms with E-state index >= 15 is 0 Å². The molecular formula is C14H16N2O2S. The molecule has 0 unspecified atom stereocenters. The van der Waals surface area contributed by atoms with Crippen molar-refractivity contribution in [3.05, 3.63) is 40.8 Å². The van der Waals surface area contributed by atoms with Gasteiger partial charge in [-0.25, -0.2) is 4.98 Å². The Morgan fingerprint density at radius 1 is 1.26 bits per heavy atom. The lowest BCUT2D eigenvalue weighted by molar-refractivity contribution is 0.102. The summed E-state index contributed by atoms with van der Waals surface area (Å²) in [7, 11) is 0. The number of hydrogen-bond acceptors (Lipinski definition) is 4. The monoisotopic (exact) mass is 276 g/mol. The van der Waals surface area contributed by atoms with E-state index in [1.165, 1.54) is 11.3 Å². The Labute approximate surface area is 116 Å². The van der Waals surface area contributed by atoms with Crippen molar-refractivity contribution in [2.75, 3.05) is 5.32 Å². The van der Waals surface area contributed by atoms with Gasteiger partial charge in [0.2, 0.25) is 0 Å². The molecule has 2 aromatic rings. The molecule has 0 spiro atoms. The number of thiazole rings is 1. The fraction of sp³-hybridized carbons (Fsp3) is 0.286. The van der Waals surface area contributed by atoms with Crippen molar-refractivity contribution in [1.29, 1.82) is 0 Å². The number of anilines is 1. The van der Waals surface area contributed by atoms with Crippen molar-refractivity contribution in [1.82, 2.24) is 4.98 Å². The highest BCUT2D eigenvalue weighted by molar-refractivity contribution is 7.07. The van der Waals surface area contributed by atoms with Gasteiger partial charge in [-0.3, -0.25) is 4.79 Å². The smallest absolute Gasteiger partial charge is 0.275 e. The molecule has 100 valence electrons. The first kappa shape index (κ1) is 13.5. The number of nitrogens with zero attached hydrogens (tertiary/aromatic N) is 1. The third-order valence-corrected chi connectivity index (χ3v) is 2.79. The number of aromatic nitrogens is 1. The van der Waals surface area contributed by atoms with Crippen LogP contribution in [0.25, 0.3) is 0 Å². The number of hydrogen-bond donors (Lipinski definition) is 1. The topological polar surface area (TPSA) is 51.2 Å². The second-order valence-corrected chi connectivity index (χ2v) is 5.79. The largest absolute Gasteiger partial charge is 0.488 e. The van der Waals surface area contributed by atoms with Crippen LogP contribution in [-0.4, -0.2) is 16.5 Å². The van der Waals surface area contributed by atoms with Crippen LogP contribution in [0.5, 0.6) is 5.75 Å². The molecule has 0 radical (unpaired) electrons. The predicted molar refractivity (Wildman–Crippen MR) is 76.9 cm³/mol. The van der Waals surface area contributed by atoms with Gasteiger partial charge in [-0.2, -0.15) is 0 Å². The lowest BCUT2D eigenvalue weighted by Gasteiger charge is -2.21. The molecule has 0 aliphatic carbocycles. The molecule has 5 heteroatoms. The van der Waals surface area contributed by atoms with Crippen molar-refractivity contribution < 1.29 is 9.53 Å². The number of amides is 1. The van der Waals surface area contributed by atoms with E-state index in [2.05, 4.69) is 10.3 Å². The van der Waals surface area contributed by atoms with Gasteiger partial charge in [0.05, 0.1) is 5.51 Å². The molecule has 0 saturated heterocycles. The summed E-state index contributed by atoms with van der Waals surface area (Å²) in [5, 5.41) is 4.50. The number of benzene rings is 1. The Hall–Kier alpha value is -1.88. The average molecular weight is 276 g/mol. The van der Waals surface area contributed by atoms with Crippen LogP contribution >= 0.6 is 11.3 Å². The highest BCUT2D eigenvalue weighted by Crippen LogP contribution is 2.20. The highest BCUT2D eigenvalue weighted by Gasteiger charge is 2.12. The van der Waals surface area contributed by atoms with E-state index in [1.54, 1.807) is 10.9 Å².